The summed E-state index contributed by atoms with van der Waals surface area (Å²) in [6, 6.07) is 3.93. The zero-order chi connectivity index (χ0) is 14.3. The van der Waals surface area contributed by atoms with E-state index in [-0.39, 0.29) is 0 Å². The highest BCUT2D eigenvalue weighted by Crippen LogP contribution is 2.35. The van der Waals surface area contributed by atoms with Crippen molar-refractivity contribution in [3.63, 3.8) is 0 Å². The maximum Gasteiger partial charge on any atom is 0.0218 e. The summed E-state index contributed by atoms with van der Waals surface area (Å²) in [4.78, 5) is 5.53. The van der Waals surface area contributed by atoms with Gasteiger partial charge in [-0.1, -0.05) is 20.3 Å². The normalized spacial score (nSPS) is 44.0. The fourth-order valence-corrected chi connectivity index (χ4v) is 4.72. The average molecular weight is 279 g/mol. The molecule has 3 nitrogen and oxygen atoms in total. The van der Waals surface area contributed by atoms with Gasteiger partial charge in [0.15, 0.2) is 0 Å². The number of hydrogen-bond acceptors (Lipinski definition) is 3. The van der Waals surface area contributed by atoms with E-state index in [1.54, 1.807) is 0 Å². The fraction of sp³-hybridized carbons (Fsp3) is 1.00. The summed E-state index contributed by atoms with van der Waals surface area (Å²) in [5, 5.41) is 3.74. The van der Waals surface area contributed by atoms with Gasteiger partial charge in [0.05, 0.1) is 0 Å². The van der Waals surface area contributed by atoms with Crippen molar-refractivity contribution in [1.82, 2.24) is 15.1 Å². The van der Waals surface area contributed by atoms with Gasteiger partial charge in [0.25, 0.3) is 0 Å². The van der Waals surface area contributed by atoms with E-state index in [2.05, 4.69) is 42.9 Å². The van der Waals surface area contributed by atoms with Crippen molar-refractivity contribution in [2.75, 3.05) is 20.1 Å². The van der Waals surface area contributed by atoms with Crippen molar-refractivity contribution in [2.45, 2.75) is 83.1 Å². The number of piperazine rings is 1. The Bertz CT molecular complexity index is 316. The lowest BCUT2D eigenvalue weighted by Gasteiger charge is -2.53. The lowest BCUT2D eigenvalue weighted by molar-refractivity contribution is -0.0183. The van der Waals surface area contributed by atoms with Crippen LogP contribution in [0.2, 0.25) is 0 Å². The first-order valence-corrected chi connectivity index (χ1v) is 8.77. The van der Waals surface area contributed by atoms with Gasteiger partial charge in [-0.05, 0) is 45.6 Å². The minimum absolute atomic E-state index is 0.686. The average Bonchev–Trinajstić information content (AvgIpc) is 2.39. The molecule has 3 aliphatic rings. The van der Waals surface area contributed by atoms with Crippen LogP contribution in [0.1, 0.15) is 52.9 Å². The molecule has 2 bridgehead atoms. The third kappa shape index (κ3) is 2.77. The Hall–Kier alpha value is -0.120. The number of fused-ring (bicyclic) bond motifs is 2. The quantitative estimate of drug-likeness (QED) is 0.837. The van der Waals surface area contributed by atoms with Crippen LogP contribution < -0.4 is 5.32 Å². The summed E-state index contributed by atoms with van der Waals surface area (Å²) < 4.78 is 0. The Morgan fingerprint density at radius 1 is 1.05 bits per heavy atom. The highest BCUT2D eigenvalue weighted by molar-refractivity contribution is 4.98. The van der Waals surface area contributed by atoms with Gasteiger partial charge in [0, 0.05) is 43.3 Å². The van der Waals surface area contributed by atoms with E-state index in [0.29, 0.717) is 12.1 Å². The van der Waals surface area contributed by atoms with Crippen LogP contribution in [0.3, 0.4) is 0 Å². The van der Waals surface area contributed by atoms with E-state index in [1.807, 2.05) is 0 Å². The molecule has 0 aromatic carbocycles. The highest BCUT2D eigenvalue weighted by Gasteiger charge is 2.40. The Morgan fingerprint density at radius 3 is 2.30 bits per heavy atom. The minimum Gasteiger partial charge on any atom is -0.311 e. The Balaban J connectivity index is 1.68. The maximum atomic E-state index is 3.74. The number of nitrogens with zero attached hydrogens (tertiary/aromatic N) is 2. The zero-order valence-electron chi connectivity index (χ0n) is 13.8. The van der Waals surface area contributed by atoms with Crippen LogP contribution in [0, 0.1) is 5.92 Å². The second-order valence-corrected chi connectivity index (χ2v) is 7.83. The molecular weight excluding hydrogens is 246 g/mol. The van der Waals surface area contributed by atoms with Crippen LogP contribution in [-0.4, -0.2) is 60.1 Å². The second kappa shape index (κ2) is 5.94. The molecule has 20 heavy (non-hydrogen) atoms. The standard InChI is InChI=1S/C17H33N3/c1-12(2)17-11-20(13(3)10-18-17)16-8-14-6-5-7-15(9-16)19(14)4/h12-18H,5-11H2,1-4H3. The van der Waals surface area contributed by atoms with Gasteiger partial charge in [0.1, 0.15) is 0 Å². The molecule has 4 atom stereocenters. The largest absolute Gasteiger partial charge is 0.311 e. The van der Waals surface area contributed by atoms with Crippen LogP contribution in [0.15, 0.2) is 0 Å². The number of hydrogen-bond donors (Lipinski definition) is 1. The lowest BCUT2D eigenvalue weighted by atomic mass is 9.80. The third-order valence-corrected chi connectivity index (χ3v) is 6.24. The molecule has 116 valence electrons. The summed E-state index contributed by atoms with van der Waals surface area (Å²) in [7, 11) is 2.36. The fourth-order valence-electron chi connectivity index (χ4n) is 4.72. The van der Waals surface area contributed by atoms with Crippen molar-refractivity contribution in [2.24, 2.45) is 5.92 Å². The van der Waals surface area contributed by atoms with Crippen LogP contribution >= 0.6 is 0 Å². The van der Waals surface area contributed by atoms with Gasteiger partial charge >= 0.3 is 0 Å². The molecule has 0 radical (unpaired) electrons. The molecule has 4 unspecified atom stereocenters. The number of rotatable bonds is 2. The maximum absolute atomic E-state index is 3.74. The van der Waals surface area contributed by atoms with Crippen molar-refractivity contribution in [3.05, 3.63) is 0 Å². The number of piperidine rings is 2. The van der Waals surface area contributed by atoms with Gasteiger partial charge in [-0.2, -0.15) is 0 Å². The topological polar surface area (TPSA) is 18.5 Å². The monoisotopic (exact) mass is 279 g/mol. The van der Waals surface area contributed by atoms with Gasteiger partial charge in [-0.25, -0.2) is 0 Å². The molecule has 0 saturated carbocycles. The van der Waals surface area contributed by atoms with Gasteiger partial charge < -0.3 is 10.2 Å². The zero-order valence-corrected chi connectivity index (χ0v) is 13.8. The van der Waals surface area contributed by atoms with E-state index in [1.165, 1.54) is 45.2 Å². The van der Waals surface area contributed by atoms with E-state index < -0.39 is 0 Å². The molecule has 0 aromatic heterocycles. The predicted octanol–water partition coefficient (Wildman–Crippen LogP) is 2.32. The second-order valence-electron chi connectivity index (χ2n) is 7.83. The lowest BCUT2D eigenvalue weighted by Crippen LogP contribution is -2.63. The Morgan fingerprint density at radius 2 is 1.70 bits per heavy atom. The first kappa shape index (κ1) is 14.8. The molecule has 1 N–H and O–H groups in total. The molecular formula is C17H33N3. The first-order chi connectivity index (χ1) is 9.56. The SMILES string of the molecule is CC(C)C1CN(C2CC3CCCC(C2)N3C)C(C)CN1. The van der Waals surface area contributed by atoms with Crippen LogP contribution in [0.4, 0.5) is 0 Å². The molecule has 3 aliphatic heterocycles. The van der Waals surface area contributed by atoms with Crippen molar-refractivity contribution in [3.8, 4) is 0 Å². The van der Waals surface area contributed by atoms with Crippen molar-refractivity contribution < 1.29 is 0 Å². The highest BCUT2D eigenvalue weighted by atomic mass is 15.3. The van der Waals surface area contributed by atoms with Crippen molar-refractivity contribution in [1.29, 1.82) is 0 Å². The molecule has 3 heterocycles. The van der Waals surface area contributed by atoms with Gasteiger partial charge in [-0.3, -0.25) is 4.90 Å². The molecule has 3 saturated heterocycles. The Labute approximate surface area is 125 Å². The van der Waals surface area contributed by atoms with E-state index >= 15 is 0 Å². The minimum atomic E-state index is 0.686. The molecule has 0 aromatic rings. The summed E-state index contributed by atoms with van der Waals surface area (Å²) >= 11 is 0. The van der Waals surface area contributed by atoms with E-state index in [4.69, 9.17) is 0 Å². The molecule has 0 aliphatic carbocycles. The number of nitrogens with one attached hydrogen (secondary N) is 1. The van der Waals surface area contributed by atoms with Crippen LogP contribution in [0.25, 0.3) is 0 Å². The molecule has 0 amide bonds. The Kier molecular flexibility index (Phi) is 4.40. The molecule has 3 rings (SSSR count). The first-order valence-electron chi connectivity index (χ1n) is 8.77. The molecule has 3 heteroatoms. The summed E-state index contributed by atoms with van der Waals surface area (Å²) in [6.45, 7) is 9.55. The summed E-state index contributed by atoms with van der Waals surface area (Å²) in [6.07, 6.45) is 7.12. The van der Waals surface area contributed by atoms with Crippen LogP contribution in [-0.2, 0) is 0 Å². The summed E-state index contributed by atoms with van der Waals surface area (Å²) in [5.74, 6) is 0.746. The summed E-state index contributed by atoms with van der Waals surface area (Å²) in [5.41, 5.74) is 0. The van der Waals surface area contributed by atoms with Gasteiger partial charge in [-0.15, -0.1) is 0 Å². The van der Waals surface area contributed by atoms with E-state index in [0.717, 1.165) is 24.0 Å². The van der Waals surface area contributed by atoms with Crippen molar-refractivity contribution >= 4 is 0 Å². The predicted molar refractivity (Wildman–Crippen MR) is 85.0 cm³/mol. The molecule has 0 spiro atoms. The third-order valence-electron chi connectivity index (χ3n) is 6.24. The smallest absolute Gasteiger partial charge is 0.0218 e. The van der Waals surface area contributed by atoms with Crippen LogP contribution in [0.5, 0.6) is 0 Å². The van der Waals surface area contributed by atoms with E-state index in [9.17, 15) is 0 Å². The van der Waals surface area contributed by atoms with Gasteiger partial charge in [0.2, 0.25) is 0 Å². The molecule has 3 fully saturated rings.